The number of nitrogens with one attached hydrogen (secondary N) is 1. The molecule has 2 rings (SSSR count). The van der Waals surface area contributed by atoms with Crippen LogP contribution in [0.1, 0.15) is 19.8 Å². The highest BCUT2D eigenvalue weighted by atomic mass is 35.5. The summed E-state index contributed by atoms with van der Waals surface area (Å²) in [6.45, 7) is 3.23. The van der Waals surface area contributed by atoms with Crippen LogP contribution in [0.5, 0.6) is 0 Å². The lowest BCUT2D eigenvalue weighted by Crippen LogP contribution is -2.48. The zero-order valence-corrected chi connectivity index (χ0v) is 11.8. The Balaban J connectivity index is 0.00000180. The third-order valence-corrected chi connectivity index (χ3v) is 3.12. The lowest BCUT2D eigenvalue weighted by atomic mass is 10.0. The second-order valence-electron chi connectivity index (χ2n) is 4.64. The van der Waals surface area contributed by atoms with E-state index < -0.39 is 6.04 Å². The molecule has 1 aromatic heterocycles. The first-order valence-electron chi connectivity index (χ1n) is 6.25. The molecule has 1 amide bonds. The van der Waals surface area contributed by atoms with Gasteiger partial charge in [-0.15, -0.1) is 17.5 Å². The van der Waals surface area contributed by atoms with Gasteiger partial charge >= 0.3 is 0 Å². The highest BCUT2D eigenvalue weighted by molar-refractivity contribution is 5.85. The molecule has 1 aliphatic rings. The van der Waals surface area contributed by atoms with E-state index >= 15 is 0 Å². The molecule has 7 heteroatoms. The van der Waals surface area contributed by atoms with Crippen molar-refractivity contribution in [1.29, 1.82) is 0 Å². The number of hydrogen-bond donors (Lipinski definition) is 2. The minimum Gasteiger partial charge on any atom is -0.366 e. The molecule has 0 radical (unpaired) electrons. The Morgan fingerprint density at radius 2 is 2.21 bits per heavy atom. The summed E-state index contributed by atoms with van der Waals surface area (Å²) in [6.07, 6.45) is 3.47. The molecule has 0 unspecified atom stereocenters. The van der Waals surface area contributed by atoms with E-state index in [2.05, 4.69) is 15.5 Å². The van der Waals surface area contributed by atoms with Crippen LogP contribution in [0.4, 0.5) is 5.82 Å². The number of likely N-dealkylation sites (tertiary alicyclic amines) is 1. The zero-order chi connectivity index (χ0) is 13.0. The van der Waals surface area contributed by atoms with Crippen molar-refractivity contribution in [2.45, 2.75) is 31.8 Å². The summed E-state index contributed by atoms with van der Waals surface area (Å²) in [6, 6.07) is 3.68. The summed E-state index contributed by atoms with van der Waals surface area (Å²) in [4.78, 5) is 13.6. The van der Waals surface area contributed by atoms with E-state index in [1.54, 1.807) is 13.1 Å². The Morgan fingerprint density at radius 3 is 2.74 bits per heavy atom. The summed E-state index contributed by atoms with van der Waals surface area (Å²) >= 11 is 0. The fraction of sp³-hybridized carbons (Fsp3) is 0.583. The van der Waals surface area contributed by atoms with E-state index in [1.807, 2.05) is 17.0 Å². The number of anilines is 1. The number of nitrogens with two attached hydrogens (primary N) is 1. The van der Waals surface area contributed by atoms with E-state index in [9.17, 15) is 4.79 Å². The molecule has 1 fully saturated rings. The largest absolute Gasteiger partial charge is 0.366 e. The smallest absolute Gasteiger partial charge is 0.239 e. The molecule has 3 N–H and O–H groups in total. The first-order valence-corrected chi connectivity index (χ1v) is 6.25. The van der Waals surface area contributed by atoms with Gasteiger partial charge in [-0.05, 0) is 31.9 Å². The van der Waals surface area contributed by atoms with Crippen molar-refractivity contribution in [3.05, 3.63) is 18.3 Å². The van der Waals surface area contributed by atoms with Crippen LogP contribution in [0, 0.1) is 0 Å². The van der Waals surface area contributed by atoms with Crippen molar-refractivity contribution in [2.24, 2.45) is 5.73 Å². The second-order valence-corrected chi connectivity index (χ2v) is 4.64. The van der Waals surface area contributed by atoms with Crippen molar-refractivity contribution < 1.29 is 4.79 Å². The standard InChI is InChI=1S/C12H19N5O.ClH/c1-9(13)12(18)17-7-4-10(5-8-17)15-11-3-2-6-14-16-11;/h2-3,6,9-10H,4-5,7-8,13H2,1H3,(H,15,16);1H/t9-;/m1./s1. The van der Waals surface area contributed by atoms with Gasteiger partial charge in [-0.1, -0.05) is 0 Å². The van der Waals surface area contributed by atoms with Crippen molar-refractivity contribution in [1.82, 2.24) is 15.1 Å². The predicted octanol–water partition coefficient (Wildman–Crippen LogP) is 0.648. The van der Waals surface area contributed by atoms with E-state index in [0.717, 1.165) is 31.7 Å². The molecular weight excluding hydrogens is 266 g/mol. The van der Waals surface area contributed by atoms with E-state index in [0.29, 0.717) is 6.04 Å². The van der Waals surface area contributed by atoms with Crippen molar-refractivity contribution >= 4 is 24.1 Å². The number of carbonyl (C=O) groups is 1. The molecule has 2 heterocycles. The Labute approximate surface area is 119 Å². The first-order chi connectivity index (χ1) is 8.66. The Bertz CT molecular complexity index is 392. The van der Waals surface area contributed by atoms with Crippen LogP contribution >= 0.6 is 12.4 Å². The molecule has 19 heavy (non-hydrogen) atoms. The fourth-order valence-electron chi connectivity index (χ4n) is 2.12. The van der Waals surface area contributed by atoms with Crippen LogP contribution in [0.2, 0.25) is 0 Å². The van der Waals surface area contributed by atoms with Crippen LogP contribution in [0.15, 0.2) is 18.3 Å². The number of aromatic nitrogens is 2. The van der Waals surface area contributed by atoms with Gasteiger partial charge in [0.2, 0.25) is 5.91 Å². The van der Waals surface area contributed by atoms with Crippen molar-refractivity contribution in [2.75, 3.05) is 18.4 Å². The highest BCUT2D eigenvalue weighted by Crippen LogP contribution is 2.15. The van der Waals surface area contributed by atoms with Gasteiger partial charge in [0.05, 0.1) is 6.04 Å². The monoisotopic (exact) mass is 285 g/mol. The topological polar surface area (TPSA) is 84.1 Å². The van der Waals surface area contributed by atoms with Gasteiger partial charge < -0.3 is 16.0 Å². The normalized spacial score (nSPS) is 17.5. The SMILES string of the molecule is C[C@@H](N)C(=O)N1CCC(Nc2cccnn2)CC1.Cl. The summed E-state index contributed by atoms with van der Waals surface area (Å²) in [7, 11) is 0. The summed E-state index contributed by atoms with van der Waals surface area (Å²) < 4.78 is 0. The number of amides is 1. The van der Waals surface area contributed by atoms with Gasteiger partial charge in [0.1, 0.15) is 5.82 Å². The maximum atomic E-state index is 11.7. The molecule has 0 spiro atoms. The minimum absolute atomic E-state index is 0. The molecule has 0 bridgehead atoms. The predicted molar refractivity (Wildman–Crippen MR) is 76.2 cm³/mol. The molecule has 1 atom stereocenters. The lowest BCUT2D eigenvalue weighted by molar-refractivity contribution is -0.133. The van der Waals surface area contributed by atoms with Gasteiger partial charge in [0, 0.05) is 25.3 Å². The Hall–Kier alpha value is -1.40. The number of hydrogen-bond acceptors (Lipinski definition) is 5. The number of piperidine rings is 1. The zero-order valence-electron chi connectivity index (χ0n) is 11.0. The number of rotatable bonds is 3. The van der Waals surface area contributed by atoms with Crippen molar-refractivity contribution in [3.63, 3.8) is 0 Å². The maximum absolute atomic E-state index is 11.7. The van der Waals surface area contributed by atoms with Crippen LogP contribution in [0.25, 0.3) is 0 Å². The first kappa shape index (κ1) is 15.7. The molecule has 0 aromatic carbocycles. The Kier molecular flexibility index (Phi) is 5.98. The van der Waals surface area contributed by atoms with Crippen molar-refractivity contribution in [3.8, 4) is 0 Å². The summed E-state index contributed by atoms with van der Waals surface area (Å²) in [5, 5.41) is 11.1. The number of carbonyl (C=O) groups excluding carboxylic acids is 1. The highest BCUT2D eigenvalue weighted by Gasteiger charge is 2.24. The molecule has 6 nitrogen and oxygen atoms in total. The Morgan fingerprint density at radius 1 is 1.53 bits per heavy atom. The summed E-state index contributed by atoms with van der Waals surface area (Å²) in [5.74, 6) is 0.822. The number of halogens is 1. The maximum Gasteiger partial charge on any atom is 0.239 e. The van der Waals surface area contributed by atoms with Gasteiger partial charge in [-0.25, -0.2) is 0 Å². The third-order valence-electron chi connectivity index (χ3n) is 3.12. The molecule has 0 saturated carbocycles. The van der Waals surface area contributed by atoms with Gasteiger partial charge in [0.25, 0.3) is 0 Å². The fourth-order valence-corrected chi connectivity index (χ4v) is 2.12. The van der Waals surface area contributed by atoms with E-state index in [-0.39, 0.29) is 18.3 Å². The molecule has 1 aromatic rings. The lowest BCUT2D eigenvalue weighted by Gasteiger charge is -2.33. The number of nitrogens with zero attached hydrogens (tertiary/aromatic N) is 3. The molecule has 1 saturated heterocycles. The summed E-state index contributed by atoms with van der Waals surface area (Å²) in [5.41, 5.74) is 5.60. The average molecular weight is 286 g/mol. The van der Waals surface area contributed by atoms with E-state index in [4.69, 9.17) is 5.73 Å². The molecular formula is C12H20ClN5O. The van der Waals surface area contributed by atoms with Crippen LogP contribution in [-0.2, 0) is 4.79 Å². The third kappa shape index (κ3) is 4.33. The van der Waals surface area contributed by atoms with Gasteiger partial charge in [-0.3, -0.25) is 4.79 Å². The molecule has 1 aliphatic heterocycles. The average Bonchev–Trinajstić information content (AvgIpc) is 2.40. The van der Waals surface area contributed by atoms with Crippen LogP contribution in [0.3, 0.4) is 0 Å². The van der Waals surface area contributed by atoms with Gasteiger partial charge in [0.15, 0.2) is 0 Å². The van der Waals surface area contributed by atoms with Crippen LogP contribution in [-0.4, -0.2) is 46.2 Å². The van der Waals surface area contributed by atoms with E-state index in [1.165, 1.54) is 0 Å². The minimum atomic E-state index is -0.408. The van der Waals surface area contributed by atoms with Gasteiger partial charge in [-0.2, -0.15) is 5.10 Å². The van der Waals surface area contributed by atoms with Crippen LogP contribution < -0.4 is 11.1 Å². The molecule has 106 valence electrons. The quantitative estimate of drug-likeness (QED) is 0.852. The molecule has 0 aliphatic carbocycles. The second kappa shape index (κ2) is 7.25.